The molecule has 6 rings (SSSR count). The molecule has 4 aromatic rings. The molecular weight excluding hydrogens is 441 g/mol. The van der Waals surface area contributed by atoms with Crippen molar-refractivity contribution in [3.8, 4) is 0 Å². The fraction of sp³-hybridized carbons (Fsp3) is 0.286. The van der Waals surface area contributed by atoms with Gasteiger partial charge in [0.15, 0.2) is 0 Å². The number of nitrogens with one attached hydrogen (secondary N) is 3. The van der Waals surface area contributed by atoms with Crippen LogP contribution < -0.4 is 16.2 Å². The largest absolute Gasteiger partial charge is 0.377 e. The van der Waals surface area contributed by atoms with E-state index in [9.17, 15) is 9.18 Å². The summed E-state index contributed by atoms with van der Waals surface area (Å²) in [6, 6.07) is 21.4. The topological polar surface area (TPSA) is 73.0 Å². The number of benzene rings is 3. The van der Waals surface area contributed by atoms with Gasteiger partial charge in [-0.2, -0.15) is 5.10 Å². The first kappa shape index (κ1) is 21.9. The Morgan fingerprint density at radius 3 is 2.57 bits per heavy atom. The van der Waals surface area contributed by atoms with Crippen LogP contribution in [0.3, 0.4) is 0 Å². The first-order chi connectivity index (χ1) is 17.1. The van der Waals surface area contributed by atoms with Crippen molar-refractivity contribution in [2.45, 2.75) is 31.5 Å². The molecule has 0 aliphatic carbocycles. The fourth-order valence-electron chi connectivity index (χ4n) is 5.54. The van der Waals surface area contributed by atoms with Crippen LogP contribution in [0, 0.1) is 5.82 Å². The number of nitrogens with zero attached hydrogens (tertiary/aromatic N) is 2. The van der Waals surface area contributed by atoms with Crippen LogP contribution in [0.1, 0.15) is 41.3 Å². The summed E-state index contributed by atoms with van der Waals surface area (Å²) >= 11 is 0. The molecule has 3 atom stereocenters. The van der Waals surface area contributed by atoms with Crippen molar-refractivity contribution in [2.24, 2.45) is 0 Å². The van der Waals surface area contributed by atoms with Gasteiger partial charge in [0, 0.05) is 43.3 Å². The molecule has 3 unspecified atom stereocenters. The molecule has 0 radical (unpaired) electrons. The van der Waals surface area contributed by atoms with Gasteiger partial charge in [0.25, 0.3) is 5.56 Å². The average Bonchev–Trinajstić information content (AvgIpc) is 2.87. The standard InChI is InChI=1S/C28H28FN5O/c1-17-15-34(14-13-30-17)16-18-5-7-20(8-6-18)26-24(19-9-11-21(29)12-10-19)27-25-22(28(35)33-32-27)3-2-4-23(25)31-26/h2-12,17,24,26,30-31H,13-16H2,1H3,(H,33,35). The molecule has 3 aromatic carbocycles. The van der Waals surface area contributed by atoms with Gasteiger partial charge in [0.05, 0.1) is 23.0 Å². The molecule has 1 saturated heterocycles. The van der Waals surface area contributed by atoms with E-state index in [4.69, 9.17) is 0 Å². The zero-order chi connectivity index (χ0) is 23.9. The van der Waals surface area contributed by atoms with Gasteiger partial charge in [0.2, 0.25) is 0 Å². The highest BCUT2D eigenvalue weighted by Crippen LogP contribution is 2.46. The molecule has 2 aliphatic heterocycles. The van der Waals surface area contributed by atoms with E-state index < -0.39 is 0 Å². The van der Waals surface area contributed by atoms with Gasteiger partial charge in [-0.1, -0.05) is 42.5 Å². The van der Waals surface area contributed by atoms with E-state index in [0.717, 1.165) is 54.1 Å². The Bertz CT molecular complexity index is 1420. The maximum absolute atomic E-state index is 13.8. The van der Waals surface area contributed by atoms with Crippen LogP contribution in [-0.2, 0) is 6.54 Å². The summed E-state index contributed by atoms with van der Waals surface area (Å²) in [5, 5.41) is 15.8. The van der Waals surface area contributed by atoms with Crippen molar-refractivity contribution >= 4 is 16.5 Å². The second-order valence-electron chi connectivity index (χ2n) is 9.65. The van der Waals surface area contributed by atoms with Gasteiger partial charge in [-0.15, -0.1) is 0 Å². The zero-order valence-corrected chi connectivity index (χ0v) is 19.6. The van der Waals surface area contributed by atoms with E-state index in [1.165, 1.54) is 17.7 Å². The maximum Gasteiger partial charge on any atom is 0.272 e. The fourth-order valence-corrected chi connectivity index (χ4v) is 5.54. The van der Waals surface area contributed by atoms with Gasteiger partial charge >= 0.3 is 0 Å². The molecule has 0 spiro atoms. The minimum Gasteiger partial charge on any atom is -0.377 e. The van der Waals surface area contributed by atoms with Crippen molar-refractivity contribution in [1.82, 2.24) is 20.4 Å². The van der Waals surface area contributed by atoms with Gasteiger partial charge < -0.3 is 10.6 Å². The highest BCUT2D eigenvalue weighted by Gasteiger charge is 2.34. The highest BCUT2D eigenvalue weighted by molar-refractivity contribution is 5.97. The predicted molar refractivity (Wildman–Crippen MR) is 136 cm³/mol. The van der Waals surface area contributed by atoms with E-state index in [-0.39, 0.29) is 23.3 Å². The minimum absolute atomic E-state index is 0.120. The number of hydrogen-bond acceptors (Lipinski definition) is 5. The van der Waals surface area contributed by atoms with E-state index in [2.05, 4.69) is 56.9 Å². The van der Waals surface area contributed by atoms with E-state index >= 15 is 0 Å². The number of halogens is 1. The second kappa shape index (κ2) is 8.91. The summed E-state index contributed by atoms with van der Waals surface area (Å²) in [5.74, 6) is -0.467. The van der Waals surface area contributed by atoms with E-state index in [1.807, 2.05) is 18.2 Å². The smallest absolute Gasteiger partial charge is 0.272 e. The quantitative estimate of drug-likeness (QED) is 0.419. The molecule has 6 nitrogen and oxygen atoms in total. The Labute approximate surface area is 203 Å². The van der Waals surface area contributed by atoms with Crippen molar-refractivity contribution in [1.29, 1.82) is 0 Å². The van der Waals surface area contributed by atoms with Gasteiger partial charge in [0.1, 0.15) is 5.82 Å². The summed E-state index contributed by atoms with van der Waals surface area (Å²) in [4.78, 5) is 15.0. The number of aromatic nitrogens is 2. The van der Waals surface area contributed by atoms with Gasteiger partial charge in [-0.25, -0.2) is 9.49 Å². The Morgan fingerprint density at radius 2 is 1.80 bits per heavy atom. The average molecular weight is 470 g/mol. The molecule has 0 bridgehead atoms. The van der Waals surface area contributed by atoms with Crippen molar-refractivity contribution < 1.29 is 4.39 Å². The number of hydrogen-bond donors (Lipinski definition) is 3. The zero-order valence-electron chi connectivity index (χ0n) is 19.6. The summed E-state index contributed by atoms with van der Waals surface area (Å²) in [7, 11) is 0. The van der Waals surface area contributed by atoms with Crippen LogP contribution in [0.4, 0.5) is 10.1 Å². The third kappa shape index (κ3) is 4.11. The van der Waals surface area contributed by atoms with Crippen LogP contribution in [0.2, 0.25) is 0 Å². The first-order valence-corrected chi connectivity index (χ1v) is 12.1. The van der Waals surface area contributed by atoms with Gasteiger partial charge in [-0.05, 0) is 47.9 Å². The molecule has 2 aliphatic rings. The minimum atomic E-state index is -0.277. The lowest BCUT2D eigenvalue weighted by atomic mass is 9.80. The lowest BCUT2D eigenvalue weighted by Gasteiger charge is -2.35. The van der Waals surface area contributed by atoms with E-state index in [0.29, 0.717) is 11.4 Å². The Morgan fingerprint density at radius 1 is 1.03 bits per heavy atom. The van der Waals surface area contributed by atoms with Crippen LogP contribution in [0.25, 0.3) is 10.8 Å². The van der Waals surface area contributed by atoms with Crippen molar-refractivity contribution in [3.63, 3.8) is 0 Å². The number of piperazine rings is 1. The number of H-pyrrole nitrogens is 1. The van der Waals surface area contributed by atoms with Crippen molar-refractivity contribution in [3.05, 3.63) is 105 Å². The summed E-state index contributed by atoms with van der Waals surface area (Å²) in [6.45, 7) is 6.26. The molecule has 0 amide bonds. The van der Waals surface area contributed by atoms with E-state index in [1.54, 1.807) is 12.1 Å². The Kier molecular flexibility index (Phi) is 5.59. The SMILES string of the molecule is CC1CN(Cc2ccc(C3Nc4cccc5c(=O)[nH]nc(c45)C3c3ccc(F)cc3)cc2)CCN1. The lowest BCUT2D eigenvalue weighted by molar-refractivity contribution is 0.199. The number of aromatic amines is 1. The Balaban J connectivity index is 1.39. The third-order valence-electron chi connectivity index (χ3n) is 7.21. The molecule has 35 heavy (non-hydrogen) atoms. The molecule has 3 N–H and O–H groups in total. The summed E-state index contributed by atoms with van der Waals surface area (Å²) < 4.78 is 13.8. The third-order valence-corrected chi connectivity index (χ3v) is 7.21. The van der Waals surface area contributed by atoms with Crippen LogP contribution in [0.5, 0.6) is 0 Å². The van der Waals surface area contributed by atoms with Crippen LogP contribution in [-0.4, -0.2) is 40.8 Å². The predicted octanol–water partition coefficient (Wildman–Crippen LogP) is 4.15. The normalized spacial score (nSPS) is 22.2. The second-order valence-corrected chi connectivity index (χ2v) is 9.65. The van der Waals surface area contributed by atoms with Gasteiger partial charge in [-0.3, -0.25) is 9.69 Å². The van der Waals surface area contributed by atoms with Crippen molar-refractivity contribution in [2.75, 3.05) is 25.0 Å². The number of anilines is 1. The lowest BCUT2D eigenvalue weighted by Crippen LogP contribution is -2.48. The van der Waals surface area contributed by atoms with Crippen LogP contribution >= 0.6 is 0 Å². The molecule has 1 fully saturated rings. The molecule has 178 valence electrons. The number of rotatable bonds is 4. The summed E-state index contributed by atoms with van der Waals surface area (Å²) in [6.07, 6.45) is 0. The monoisotopic (exact) mass is 469 g/mol. The van der Waals surface area contributed by atoms with Crippen LogP contribution in [0.15, 0.2) is 71.5 Å². The molecule has 7 heteroatoms. The Hall–Kier alpha value is -3.55. The highest BCUT2D eigenvalue weighted by atomic mass is 19.1. The molecule has 3 heterocycles. The molecular formula is C28H28FN5O. The molecule has 0 saturated carbocycles. The summed E-state index contributed by atoms with van der Waals surface area (Å²) in [5.41, 5.74) is 4.81. The first-order valence-electron chi connectivity index (χ1n) is 12.1. The molecule has 1 aromatic heterocycles. The maximum atomic E-state index is 13.8.